The molecule has 0 bridgehead atoms. The van der Waals surface area contributed by atoms with E-state index in [0.717, 1.165) is 18.9 Å². The van der Waals surface area contributed by atoms with E-state index in [-0.39, 0.29) is 6.10 Å². The second-order valence-electron chi connectivity index (χ2n) is 5.09. The number of methoxy groups -OCH3 is 1. The van der Waals surface area contributed by atoms with Gasteiger partial charge in [-0.15, -0.1) is 0 Å². The fourth-order valence-corrected chi connectivity index (χ4v) is 1.95. The smallest absolute Gasteiger partial charge is 0.0667 e. The monoisotopic (exact) mass is 215 g/mol. The van der Waals surface area contributed by atoms with Crippen LogP contribution in [-0.4, -0.2) is 37.5 Å². The number of ether oxygens (including phenoxy) is 1. The second kappa shape index (κ2) is 6.46. The lowest BCUT2D eigenvalue weighted by atomic mass is 10.1. The highest BCUT2D eigenvalue weighted by molar-refractivity contribution is 4.86. The molecule has 0 heterocycles. The molecule has 0 aliphatic heterocycles. The molecular formula is C12H25NO2. The first-order valence-electron chi connectivity index (χ1n) is 6.03. The van der Waals surface area contributed by atoms with Crippen molar-refractivity contribution in [2.24, 2.45) is 11.8 Å². The second-order valence-corrected chi connectivity index (χ2v) is 5.09. The Kier molecular flexibility index (Phi) is 5.58. The average Bonchev–Trinajstić information content (AvgIpc) is 2.94. The lowest BCUT2D eigenvalue weighted by molar-refractivity contribution is 0.120. The van der Waals surface area contributed by atoms with E-state index >= 15 is 0 Å². The van der Waals surface area contributed by atoms with Crippen LogP contribution in [0.25, 0.3) is 0 Å². The van der Waals surface area contributed by atoms with E-state index in [2.05, 4.69) is 19.2 Å². The van der Waals surface area contributed by atoms with E-state index in [9.17, 15) is 5.11 Å². The molecule has 1 aliphatic rings. The minimum atomic E-state index is -0.219. The Morgan fingerprint density at radius 1 is 1.40 bits per heavy atom. The fourth-order valence-electron chi connectivity index (χ4n) is 1.95. The number of nitrogens with one attached hydrogen (secondary N) is 1. The molecule has 0 radical (unpaired) electrons. The Labute approximate surface area is 93.2 Å². The SMILES string of the molecule is COCC(NCC(O)CC(C)C)C1CC1. The van der Waals surface area contributed by atoms with E-state index in [4.69, 9.17) is 4.74 Å². The molecule has 0 aromatic rings. The molecule has 0 saturated heterocycles. The van der Waals surface area contributed by atoms with Crippen molar-refractivity contribution in [3.8, 4) is 0 Å². The summed E-state index contributed by atoms with van der Waals surface area (Å²) < 4.78 is 5.17. The van der Waals surface area contributed by atoms with Crippen LogP contribution in [0.4, 0.5) is 0 Å². The van der Waals surface area contributed by atoms with E-state index in [1.807, 2.05) is 0 Å². The molecule has 90 valence electrons. The molecule has 15 heavy (non-hydrogen) atoms. The minimum Gasteiger partial charge on any atom is -0.392 e. The van der Waals surface area contributed by atoms with Crippen LogP contribution in [0.2, 0.25) is 0 Å². The van der Waals surface area contributed by atoms with Crippen molar-refractivity contribution in [1.82, 2.24) is 5.32 Å². The van der Waals surface area contributed by atoms with Gasteiger partial charge >= 0.3 is 0 Å². The summed E-state index contributed by atoms with van der Waals surface area (Å²) in [6.07, 6.45) is 3.27. The molecule has 3 nitrogen and oxygen atoms in total. The van der Waals surface area contributed by atoms with Gasteiger partial charge in [0.25, 0.3) is 0 Å². The van der Waals surface area contributed by atoms with Crippen molar-refractivity contribution in [3.63, 3.8) is 0 Å². The predicted molar refractivity (Wildman–Crippen MR) is 61.9 cm³/mol. The van der Waals surface area contributed by atoms with Crippen LogP contribution in [0.5, 0.6) is 0 Å². The van der Waals surface area contributed by atoms with Crippen molar-refractivity contribution in [2.75, 3.05) is 20.3 Å². The van der Waals surface area contributed by atoms with Crippen LogP contribution in [0.15, 0.2) is 0 Å². The Hall–Kier alpha value is -0.120. The third-order valence-electron chi connectivity index (χ3n) is 2.90. The highest BCUT2D eigenvalue weighted by atomic mass is 16.5. The number of aliphatic hydroxyl groups is 1. The van der Waals surface area contributed by atoms with Gasteiger partial charge in [0.05, 0.1) is 12.7 Å². The lowest BCUT2D eigenvalue weighted by Crippen LogP contribution is -2.40. The summed E-state index contributed by atoms with van der Waals surface area (Å²) in [7, 11) is 1.74. The van der Waals surface area contributed by atoms with E-state index < -0.39 is 0 Å². The Morgan fingerprint density at radius 3 is 2.53 bits per heavy atom. The number of hydrogen-bond acceptors (Lipinski definition) is 3. The molecule has 1 aliphatic carbocycles. The van der Waals surface area contributed by atoms with Gasteiger partial charge in [0, 0.05) is 19.7 Å². The molecule has 2 N–H and O–H groups in total. The minimum absolute atomic E-state index is 0.219. The standard InChI is InChI=1S/C12H25NO2/c1-9(2)6-11(14)7-13-12(8-15-3)10-4-5-10/h9-14H,4-8H2,1-3H3. The van der Waals surface area contributed by atoms with Gasteiger partial charge in [-0.05, 0) is 31.1 Å². The topological polar surface area (TPSA) is 41.5 Å². The van der Waals surface area contributed by atoms with E-state index in [1.165, 1.54) is 12.8 Å². The van der Waals surface area contributed by atoms with Crippen molar-refractivity contribution >= 4 is 0 Å². The quantitative estimate of drug-likeness (QED) is 0.643. The average molecular weight is 215 g/mol. The highest BCUT2D eigenvalue weighted by Gasteiger charge is 2.30. The van der Waals surface area contributed by atoms with Crippen molar-refractivity contribution < 1.29 is 9.84 Å². The maximum absolute atomic E-state index is 9.74. The van der Waals surface area contributed by atoms with Crippen LogP contribution in [0, 0.1) is 11.8 Å². The van der Waals surface area contributed by atoms with Crippen LogP contribution < -0.4 is 5.32 Å². The predicted octanol–water partition coefficient (Wildman–Crippen LogP) is 1.41. The van der Waals surface area contributed by atoms with Crippen LogP contribution in [0.1, 0.15) is 33.1 Å². The Balaban J connectivity index is 2.14. The van der Waals surface area contributed by atoms with Crippen molar-refractivity contribution in [3.05, 3.63) is 0 Å². The fraction of sp³-hybridized carbons (Fsp3) is 1.00. The summed E-state index contributed by atoms with van der Waals surface area (Å²) in [5, 5.41) is 13.1. The van der Waals surface area contributed by atoms with Gasteiger partial charge in [0.1, 0.15) is 0 Å². The largest absolute Gasteiger partial charge is 0.392 e. The molecular weight excluding hydrogens is 190 g/mol. The molecule has 1 saturated carbocycles. The summed E-state index contributed by atoms with van der Waals surface area (Å²) in [6.45, 7) is 5.73. The van der Waals surface area contributed by atoms with Crippen LogP contribution in [-0.2, 0) is 4.74 Å². The molecule has 2 unspecified atom stereocenters. The molecule has 2 atom stereocenters. The van der Waals surface area contributed by atoms with Gasteiger partial charge in [0.15, 0.2) is 0 Å². The van der Waals surface area contributed by atoms with E-state index in [0.29, 0.717) is 18.5 Å². The maximum atomic E-state index is 9.74. The summed E-state index contributed by atoms with van der Waals surface area (Å²) in [4.78, 5) is 0. The zero-order chi connectivity index (χ0) is 11.3. The third kappa shape index (κ3) is 5.50. The highest BCUT2D eigenvalue weighted by Crippen LogP contribution is 2.32. The molecule has 0 spiro atoms. The van der Waals surface area contributed by atoms with Crippen LogP contribution >= 0.6 is 0 Å². The van der Waals surface area contributed by atoms with Crippen molar-refractivity contribution in [1.29, 1.82) is 0 Å². The molecule has 0 aromatic heterocycles. The van der Waals surface area contributed by atoms with E-state index in [1.54, 1.807) is 7.11 Å². The first-order valence-corrected chi connectivity index (χ1v) is 6.03. The number of rotatable bonds is 8. The Bertz CT molecular complexity index is 169. The first-order chi connectivity index (χ1) is 7.13. The van der Waals surface area contributed by atoms with Gasteiger partial charge in [-0.1, -0.05) is 13.8 Å². The zero-order valence-electron chi connectivity index (χ0n) is 10.2. The first kappa shape index (κ1) is 12.9. The summed E-state index contributed by atoms with van der Waals surface area (Å²) in [6, 6.07) is 0.441. The number of aliphatic hydroxyl groups excluding tert-OH is 1. The van der Waals surface area contributed by atoms with Gasteiger partial charge in [-0.25, -0.2) is 0 Å². The van der Waals surface area contributed by atoms with Crippen molar-refractivity contribution in [2.45, 2.75) is 45.3 Å². The van der Waals surface area contributed by atoms with Crippen LogP contribution in [0.3, 0.4) is 0 Å². The molecule has 1 fully saturated rings. The third-order valence-corrected chi connectivity index (χ3v) is 2.90. The number of hydrogen-bond donors (Lipinski definition) is 2. The normalized spacial score (nSPS) is 20.6. The summed E-state index contributed by atoms with van der Waals surface area (Å²) in [5.74, 6) is 1.33. The maximum Gasteiger partial charge on any atom is 0.0667 e. The summed E-state index contributed by atoms with van der Waals surface area (Å²) >= 11 is 0. The molecule has 1 rings (SSSR count). The summed E-state index contributed by atoms with van der Waals surface area (Å²) in [5.41, 5.74) is 0. The van der Waals surface area contributed by atoms with Gasteiger partial charge in [-0.2, -0.15) is 0 Å². The van der Waals surface area contributed by atoms with Gasteiger partial charge in [-0.3, -0.25) is 0 Å². The van der Waals surface area contributed by atoms with Gasteiger partial charge < -0.3 is 15.2 Å². The lowest BCUT2D eigenvalue weighted by Gasteiger charge is -2.20. The molecule has 0 aromatic carbocycles. The Morgan fingerprint density at radius 2 is 2.07 bits per heavy atom. The molecule has 3 heteroatoms. The molecule has 0 amide bonds. The van der Waals surface area contributed by atoms with Gasteiger partial charge in [0.2, 0.25) is 0 Å². The zero-order valence-corrected chi connectivity index (χ0v) is 10.2.